The average Bonchev–Trinajstić information content (AvgIpc) is 2.38. The van der Waals surface area contributed by atoms with Crippen LogP contribution in [-0.4, -0.2) is 36.2 Å². The number of hydrogen-bond donors (Lipinski definition) is 2. The predicted octanol–water partition coefficient (Wildman–Crippen LogP) is 2.48. The highest BCUT2D eigenvalue weighted by Crippen LogP contribution is 2.29. The lowest BCUT2D eigenvalue weighted by Crippen LogP contribution is -2.45. The molecule has 1 aliphatic heterocycles. The van der Waals surface area contributed by atoms with Gasteiger partial charge in [-0.05, 0) is 12.5 Å². The average molecular weight is 287 g/mol. The smallest absolute Gasteiger partial charge is 0.131 e. The van der Waals surface area contributed by atoms with Crippen LogP contribution < -0.4 is 5.32 Å². The van der Waals surface area contributed by atoms with Crippen molar-refractivity contribution in [1.29, 1.82) is 0 Å². The molecule has 0 amide bonds. The summed E-state index contributed by atoms with van der Waals surface area (Å²) in [6, 6.07) is 4.38. The molecule has 0 saturated carbocycles. The van der Waals surface area contributed by atoms with Gasteiger partial charge in [-0.15, -0.1) is 19.0 Å². The summed E-state index contributed by atoms with van der Waals surface area (Å²) >= 11 is 0. The standard InChI is InChI=1S/C14H19FN2O.ClH/c1-2-3-14(17-8-6-16-7-9-17)12-5-4-11(18)10-13(12)15;/h2,4-5,10,14,16,18H,1,3,6-9H2;1H/t14-;/m1./s1. The number of hydrogen-bond acceptors (Lipinski definition) is 3. The van der Waals surface area contributed by atoms with E-state index in [9.17, 15) is 9.50 Å². The summed E-state index contributed by atoms with van der Waals surface area (Å²) in [7, 11) is 0. The van der Waals surface area contributed by atoms with Gasteiger partial charge in [-0.2, -0.15) is 0 Å². The lowest BCUT2D eigenvalue weighted by molar-refractivity contribution is 0.171. The Hall–Kier alpha value is -1.10. The van der Waals surface area contributed by atoms with Crippen LogP contribution in [0.1, 0.15) is 18.0 Å². The molecule has 0 aliphatic carbocycles. The second-order valence-electron chi connectivity index (χ2n) is 4.53. The van der Waals surface area contributed by atoms with E-state index in [0.29, 0.717) is 12.0 Å². The molecule has 0 radical (unpaired) electrons. The first-order valence-corrected chi connectivity index (χ1v) is 6.26. The van der Waals surface area contributed by atoms with E-state index in [-0.39, 0.29) is 30.0 Å². The third kappa shape index (κ3) is 3.93. The first-order chi connectivity index (χ1) is 8.72. The molecule has 1 aromatic rings. The Morgan fingerprint density at radius 3 is 2.68 bits per heavy atom. The Bertz CT molecular complexity index is 422. The maximum Gasteiger partial charge on any atom is 0.131 e. The van der Waals surface area contributed by atoms with Crippen LogP contribution in [0.4, 0.5) is 4.39 Å². The van der Waals surface area contributed by atoms with Gasteiger partial charge in [0.15, 0.2) is 0 Å². The summed E-state index contributed by atoms with van der Waals surface area (Å²) in [5.74, 6) is -0.380. The molecule has 1 aromatic carbocycles. The van der Waals surface area contributed by atoms with Gasteiger partial charge in [0.1, 0.15) is 11.6 Å². The van der Waals surface area contributed by atoms with Gasteiger partial charge in [0.2, 0.25) is 0 Å². The van der Waals surface area contributed by atoms with Gasteiger partial charge in [-0.1, -0.05) is 12.1 Å². The van der Waals surface area contributed by atoms with Crippen molar-refractivity contribution in [3.8, 4) is 5.75 Å². The number of phenols is 1. The summed E-state index contributed by atoms with van der Waals surface area (Å²) in [4.78, 5) is 2.26. The van der Waals surface area contributed by atoms with Crippen molar-refractivity contribution in [3.63, 3.8) is 0 Å². The van der Waals surface area contributed by atoms with Crippen molar-refractivity contribution in [2.24, 2.45) is 0 Å². The Balaban J connectivity index is 0.00000180. The second-order valence-corrected chi connectivity index (χ2v) is 4.53. The van der Waals surface area contributed by atoms with Gasteiger partial charge in [-0.25, -0.2) is 4.39 Å². The van der Waals surface area contributed by atoms with Crippen molar-refractivity contribution in [2.75, 3.05) is 26.2 Å². The first-order valence-electron chi connectivity index (χ1n) is 6.26. The number of aromatic hydroxyl groups is 1. The number of nitrogens with one attached hydrogen (secondary N) is 1. The minimum absolute atomic E-state index is 0. The molecule has 19 heavy (non-hydrogen) atoms. The molecule has 1 atom stereocenters. The SMILES string of the molecule is C=CC[C@H](c1ccc(O)cc1F)N1CCNCC1.Cl. The number of nitrogens with zero attached hydrogens (tertiary/aromatic N) is 1. The zero-order valence-electron chi connectivity index (χ0n) is 10.8. The fraction of sp³-hybridized carbons (Fsp3) is 0.429. The van der Waals surface area contributed by atoms with Crippen LogP contribution in [0.5, 0.6) is 5.75 Å². The van der Waals surface area contributed by atoms with E-state index in [1.54, 1.807) is 6.07 Å². The third-order valence-corrected chi connectivity index (χ3v) is 3.33. The van der Waals surface area contributed by atoms with Crippen LogP contribution in [0.15, 0.2) is 30.9 Å². The molecule has 106 valence electrons. The lowest BCUT2D eigenvalue weighted by Gasteiger charge is -2.35. The molecule has 0 aromatic heterocycles. The molecular weight excluding hydrogens is 267 g/mol. The summed E-state index contributed by atoms with van der Waals surface area (Å²) in [5, 5.41) is 12.6. The van der Waals surface area contributed by atoms with E-state index in [4.69, 9.17) is 0 Å². The normalized spacial score (nSPS) is 17.5. The Labute approximate surface area is 119 Å². The predicted molar refractivity (Wildman–Crippen MR) is 77.3 cm³/mol. The van der Waals surface area contributed by atoms with Crippen molar-refractivity contribution in [2.45, 2.75) is 12.5 Å². The molecule has 2 rings (SSSR count). The third-order valence-electron chi connectivity index (χ3n) is 3.33. The molecule has 1 fully saturated rings. The molecular formula is C14H20ClFN2O. The Morgan fingerprint density at radius 2 is 2.11 bits per heavy atom. The molecule has 0 bridgehead atoms. The maximum absolute atomic E-state index is 13.9. The van der Waals surface area contributed by atoms with Crippen LogP contribution in [0.3, 0.4) is 0 Å². The summed E-state index contributed by atoms with van der Waals surface area (Å²) in [6.07, 6.45) is 2.53. The Morgan fingerprint density at radius 1 is 1.42 bits per heavy atom. The van der Waals surface area contributed by atoms with E-state index in [2.05, 4.69) is 16.8 Å². The fourth-order valence-corrected chi connectivity index (χ4v) is 2.41. The van der Waals surface area contributed by atoms with E-state index < -0.39 is 0 Å². The van der Waals surface area contributed by atoms with Crippen LogP contribution in [0.25, 0.3) is 0 Å². The molecule has 1 aliphatic rings. The number of benzene rings is 1. The number of rotatable bonds is 4. The minimum Gasteiger partial charge on any atom is -0.508 e. The molecule has 2 N–H and O–H groups in total. The number of phenolic OH excluding ortho intramolecular Hbond substituents is 1. The quantitative estimate of drug-likeness (QED) is 0.835. The van der Waals surface area contributed by atoms with Crippen LogP contribution in [0, 0.1) is 5.82 Å². The van der Waals surface area contributed by atoms with Crippen molar-refractivity contribution in [1.82, 2.24) is 10.2 Å². The topological polar surface area (TPSA) is 35.5 Å². The zero-order chi connectivity index (χ0) is 13.0. The molecule has 1 saturated heterocycles. The van der Waals surface area contributed by atoms with Crippen LogP contribution in [0.2, 0.25) is 0 Å². The van der Waals surface area contributed by atoms with Gasteiger partial charge in [0.05, 0.1) is 0 Å². The van der Waals surface area contributed by atoms with Crippen molar-refractivity contribution >= 4 is 12.4 Å². The van der Waals surface area contributed by atoms with Gasteiger partial charge in [0, 0.05) is 43.9 Å². The monoisotopic (exact) mass is 286 g/mol. The first kappa shape index (κ1) is 16.0. The lowest BCUT2D eigenvalue weighted by atomic mass is 10.0. The second kappa shape index (κ2) is 7.48. The van der Waals surface area contributed by atoms with E-state index in [1.807, 2.05) is 6.08 Å². The molecule has 5 heteroatoms. The largest absolute Gasteiger partial charge is 0.508 e. The van der Waals surface area contributed by atoms with Gasteiger partial charge in [0.25, 0.3) is 0 Å². The van der Waals surface area contributed by atoms with Crippen molar-refractivity contribution < 1.29 is 9.50 Å². The minimum atomic E-state index is -0.347. The van der Waals surface area contributed by atoms with Gasteiger partial charge >= 0.3 is 0 Å². The van der Waals surface area contributed by atoms with Crippen LogP contribution >= 0.6 is 12.4 Å². The van der Waals surface area contributed by atoms with Crippen molar-refractivity contribution in [3.05, 3.63) is 42.2 Å². The molecule has 0 unspecified atom stereocenters. The van der Waals surface area contributed by atoms with E-state index in [1.165, 1.54) is 12.1 Å². The highest BCUT2D eigenvalue weighted by molar-refractivity contribution is 5.85. The highest BCUT2D eigenvalue weighted by Gasteiger charge is 2.23. The summed E-state index contributed by atoms with van der Waals surface area (Å²) in [5.41, 5.74) is 0.634. The molecule has 1 heterocycles. The highest BCUT2D eigenvalue weighted by atomic mass is 35.5. The van der Waals surface area contributed by atoms with Crippen LogP contribution in [-0.2, 0) is 0 Å². The fourth-order valence-electron chi connectivity index (χ4n) is 2.41. The Kier molecular flexibility index (Phi) is 6.28. The maximum atomic E-state index is 13.9. The molecule has 3 nitrogen and oxygen atoms in total. The van der Waals surface area contributed by atoms with Gasteiger partial charge < -0.3 is 10.4 Å². The zero-order valence-corrected chi connectivity index (χ0v) is 11.6. The molecule has 0 spiro atoms. The van der Waals surface area contributed by atoms with E-state index >= 15 is 0 Å². The number of halogens is 2. The van der Waals surface area contributed by atoms with Gasteiger partial charge in [-0.3, -0.25) is 4.90 Å². The van der Waals surface area contributed by atoms with E-state index in [0.717, 1.165) is 26.2 Å². The summed E-state index contributed by atoms with van der Waals surface area (Å²) < 4.78 is 13.9. The summed E-state index contributed by atoms with van der Waals surface area (Å²) in [6.45, 7) is 7.41. The number of piperazine rings is 1.